The number of thioether (sulfide) groups is 1. The molecule has 1 atom stereocenters. The van der Waals surface area contributed by atoms with E-state index in [0.29, 0.717) is 0 Å². The Morgan fingerprint density at radius 3 is 2.71 bits per heavy atom. The predicted octanol–water partition coefficient (Wildman–Crippen LogP) is 1.05. The van der Waals surface area contributed by atoms with Crippen molar-refractivity contribution in [3.63, 3.8) is 0 Å². The van der Waals surface area contributed by atoms with Crippen molar-refractivity contribution >= 4 is 17.7 Å². The summed E-state index contributed by atoms with van der Waals surface area (Å²) in [6, 6.07) is 0. The van der Waals surface area contributed by atoms with Crippen LogP contribution in [-0.4, -0.2) is 49.5 Å². The van der Waals surface area contributed by atoms with E-state index in [9.17, 15) is 4.79 Å². The first-order valence-corrected chi connectivity index (χ1v) is 6.47. The number of hydrogen-bond acceptors (Lipinski definition) is 3. The van der Waals surface area contributed by atoms with Crippen LogP contribution in [0.4, 0.5) is 0 Å². The monoisotopic (exact) mass is 218 g/mol. The molecule has 0 aromatic heterocycles. The molecule has 1 amide bonds. The van der Waals surface area contributed by atoms with Crippen LogP contribution in [0.2, 0.25) is 0 Å². The Balaban J connectivity index is 3.78. The molecule has 0 saturated heterocycles. The molecule has 4 heteroatoms. The standard InChI is InChI=1S/C10H22N2OS/c1-5-11-8-9(2)10(13)12(3)6-7-14-4/h9,11H,5-8H2,1-4H3. The summed E-state index contributed by atoms with van der Waals surface area (Å²) < 4.78 is 0. The van der Waals surface area contributed by atoms with Gasteiger partial charge in [-0.3, -0.25) is 4.79 Å². The van der Waals surface area contributed by atoms with Crippen LogP contribution in [0.25, 0.3) is 0 Å². The molecule has 0 bridgehead atoms. The zero-order chi connectivity index (χ0) is 11.0. The Morgan fingerprint density at radius 1 is 1.57 bits per heavy atom. The number of carbonyl (C=O) groups is 1. The van der Waals surface area contributed by atoms with E-state index in [1.807, 2.05) is 18.9 Å². The number of amides is 1. The first-order chi connectivity index (χ1) is 6.63. The molecule has 0 rings (SSSR count). The summed E-state index contributed by atoms with van der Waals surface area (Å²) in [5.41, 5.74) is 0. The third-order valence-corrected chi connectivity index (χ3v) is 2.72. The lowest BCUT2D eigenvalue weighted by molar-refractivity contribution is -0.133. The first kappa shape index (κ1) is 13.8. The fourth-order valence-corrected chi connectivity index (χ4v) is 1.62. The normalized spacial score (nSPS) is 12.6. The van der Waals surface area contributed by atoms with Gasteiger partial charge in [0, 0.05) is 31.8 Å². The second-order valence-corrected chi connectivity index (χ2v) is 4.45. The van der Waals surface area contributed by atoms with E-state index in [4.69, 9.17) is 0 Å². The van der Waals surface area contributed by atoms with E-state index in [1.165, 1.54) is 0 Å². The van der Waals surface area contributed by atoms with Crippen LogP contribution in [0, 0.1) is 5.92 Å². The predicted molar refractivity (Wildman–Crippen MR) is 63.7 cm³/mol. The Kier molecular flexibility index (Phi) is 7.99. The van der Waals surface area contributed by atoms with Gasteiger partial charge in [-0.2, -0.15) is 11.8 Å². The Morgan fingerprint density at radius 2 is 2.21 bits per heavy atom. The van der Waals surface area contributed by atoms with E-state index in [1.54, 1.807) is 11.8 Å². The van der Waals surface area contributed by atoms with Crippen molar-refractivity contribution in [2.75, 3.05) is 38.7 Å². The van der Waals surface area contributed by atoms with Gasteiger partial charge in [0.1, 0.15) is 0 Å². The molecule has 0 aromatic rings. The van der Waals surface area contributed by atoms with Gasteiger partial charge in [0.05, 0.1) is 0 Å². The van der Waals surface area contributed by atoms with Crippen molar-refractivity contribution in [1.82, 2.24) is 10.2 Å². The highest BCUT2D eigenvalue weighted by Gasteiger charge is 2.15. The highest BCUT2D eigenvalue weighted by atomic mass is 32.2. The van der Waals surface area contributed by atoms with Crippen LogP contribution in [0.15, 0.2) is 0 Å². The largest absolute Gasteiger partial charge is 0.345 e. The van der Waals surface area contributed by atoms with Crippen molar-refractivity contribution in [2.45, 2.75) is 13.8 Å². The fourth-order valence-electron chi connectivity index (χ4n) is 1.16. The zero-order valence-electron chi connectivity index (χ0n) is 9.67. The molecule has 0 radical (unpaired) electrons. The van der Waals surface area contributed by atoms with Gasteiger partial charge < -0.3 is 10.2 Å². The van der Waals surface area contributed by atoms with Gasteiger partial charge in [-0.25, -0.2) is 0 Å². The quantitative estimate of drug-likeness (QED) is 0.693. The lowest BCUT2D eigenvalue weighted by atomic mass is 10.1. The maximum atomic E-state index is 11.7. The minimum absolute atomic E-state index is 0.0850. The van der Waals surface area contributed by atoms with Gasteiger partial charge in [0.15, 0.2) is 0 Å². The van der Waals surface area contributed by atoms with Crippen LogP contribution in [-0.2, 0) is 4.79 Å². The molecule has 0 saturated carbocycles. The third-order valence-electron chi connectivity index (χ3n) is 2.13. The number of nitrogens with zero attached hydrogens (tertiary/aromatic N) is 1. The molecule has 0 aliphatic heterocycles. The van der Waals surface area contributed by atoms with Crippen molar-refractivity contribution in [2.24, 2.45) is 5.92 Å². The number of carbonyl (C=O) groups excluding carboxylic acids is 1. The summed E-state index contributed by atoms with van der Waals surface area (Å²) in [7, 11) is 1.88. The minimum Gasteiger partial charge on any atom is -0.345 e. The smallest absolute Gasteiger partial charge is 0.226 e. The Hall–Kier alpha value is -0.220. The molecule has 0 aliphatic carbocycles. The second-order valence-electron chi connectivity index (χ2n) is 3.46. The molecule has 84 valence electrons. The Labute approximate surface area is 91.6 Å². The number of hydrogen-bond donors (Lipinski definition) is 1. The summed E-state index contributed by atoms with van der Waals surface area (Å²) in [6.45, 7) is 6.57. The van der Waals surface area contributed by atoms with E-state index in [0.717, 1.165) is 25.4 Å². The summed E-state index contributed by atoms with van der Waals surface area (Å²) in [4.78, 5) is 13.5. The molecule has 1 N–H and O–H groups in total. The van der Waals surface area contributed by atoms with Crippen LogP contribution in [0.3, 0.4) is 0 Å². The average Bonchev–Trinajstić information content (AvgIpc) is 2.21. The highest BCUT2D eigenvalue weighted by molar-refractivity contribution is 7.98. The van der Waals surface area contributed by atoms with Gasteiger partial charge >= 0.3 is 0 Å². The van der Waals surface area contributed by atoms with E-state index in [-0.39, 0.29) is 11.8 Å². The van der Waals surface area contributed by atoms with Crippen molar-refractivity contribution in [3.8, 4) is 0 Å². The molecule has 0 aliphatic rings. The average molecular weight is 218 g/mol. The fraction of sp³-hybridized carbons (Fsp3) is 0.900. The third kappa shape index (κ3) is 5.50. The van der Waals surface area contributed by atoms with Crippen LogP contribution in [0.5, 0.6) is 0 Å². The van der Waals surface area contributed by atoms with Crippen LogP contribution >= 0.6 is 11.8 Å². The van der Waals surface area contributed by atoms with Crippen molar-refractivity contribution in [1.29, 1.82) is 0 Å². The molecule has 0 aromatic carbocycles. The molecule has 14 heavy (non-hydrogen) atoms. The summed E-state index contributed by atoms with van der Waals surface area (Å²) in [5, 5.41) is 3.19. The van der Waals surface area contributed by atoms with Gasteiger partial charge in [-0.05, 0) is 12.8 Å². The maximum absolute atomic E-state index is 11.7. The van der Waals surface area contributed by atoms with E-state index in [2.05, 4.69) is 18.5 Å². The molecule has 1 unspecified atom stereocenters. The molecule has 0 fully saturated rings. The van der Waals surface area contributed by atoms with E-state index >= 15 is 0 Å². The minimum atomic E-state index is 0.0850. The number of nitrogens with one attached hydrogen (secondary N) is 1. The van der Waals surface area contributed by atoms with Crippen LogP contribution < -0.4 is 5.32 Å². The molecular weight excluding hydrogens is 196 g/mol. The van der Waals surface area contributed by atoms with Gasteiger partial charge in [-0.1, -0.05) is 13.8 Å². The van der Waals surface area contributed by atoms with Crippen molar-refractivity contribution < 1.29 is 4.79 Å². The van der Waals surface area contributed by atoms with Gasteiger partial charge in [0.2, 0.25) is 5.91 Å². The SMILES string of the molecule is CCNCC(C)C(=O)N(C)CCSC. The van der Waals surface area contributed by atoms with Gasteiger partial charge in [0.25, 0.3) is 0 Å². The number of rotatable bonds is 7. The summed E-state index contributed by atoms with van der Waals surface area (Å²) in [5.74, 6) is 1.33. The topological polar surface area (TPSA) is 32.3 Å². The maximum Gasteiger partial charge on any atom is 0.226 e. The highest BCUT2D eigenvalue weighted by Crippen LogP contribution is 2.01. The molecular formula is C10H22N2OS. The van der Waals surface area contributed by atoms with Crippen LogP contribution in [0.1, 0.15) is 13.8 Å². The molecule has 0 heterocycles. The summed E-state index contributed by atoms with van der Waals surface area (Å²) >= 11 is 1.77. The van der Waals surface area contributed by atoms with Crippen molar-refractivity contribution in [3.05, 3.63) is 0 Å². The zero-order valence-corrected chi connectivity index (χ0v) is 10.5. The second kappa shape index (κ2) is 8.12. The summed E-state index contributed by atoms with van der Waals surface area (Å²) in [6.07, 6.45) is 2.06. The Bertz CT molecular complexity index is 148. The lowest BCUT2D eigenvalue weighted by Crippen LogP contribution is -2.37. The molecule has 3 nitrogen and oxygen atoms in total. The van der Waals surface area contributed by atoms with Gasteiger partial charge in [-0.15, -0.1) is 0 Å². The first-order valence-electron chi connectivity index (χ1n) is 5.08. The lowest BCUT2D eigenvalue weighted by Gasteiger charge is -2.21. The van der Waals surface area contributed by atoms with E-state index < -0.39 is 0 Å². The molecule has 0 spiro atoms.